The van der Waals surface area contributed by atoms with E-state index in [0.717, 1.165) is 47.7 Å². The van der Waals surface area contributed by atoms with Crippen molar-refractivity contribution >= 4 is 16.8 Å². The largest absolute Gasteiger partial charge is 0.493 e. The van der Waals surface area contributed by atoms with Crippen molar-refractivity contribution in [2.45, 2.75) is 31.6 Å². The van der Waals surface area contributed by atoms with Gasteiger partial charge in [0.2, 0.25) is 0 Å². The van der Waals surface area contributed by atoms with E-state index in [1.54, 1.807) is 38.7 Å². The normalized spacial score (nSPS) is 17.6. The molecular weight excluding hydrogens is 457 g/mol. The average molecular weight is 488 g/mol. The van der Waals surface area contributed by atoms with Gasteiger partial charge in [0.1, 0.15) is 5.82 Å². The first-order valence-corrected chi connectivity index (χ1v) is 12.3. The number of H-pyrrole nitrogens is 1. The van der Waals surface area contributed by atoms with Crippen LogP contribution in [0.5, 0.6) is 11.5 Å². The molecule has 0 bridgehead atoms. The smallest absolute Gasteiger partial charge is 0.253 e. The van der Waals surface area contributed by atoms with Crippen molar-refractivity contribution in [1.29, 1.82) is 0 Å². The summed E-state index contributed by atoms with van der Waals surface area (Å²) in [6, 6.07) is 12.4. The highest BCUT2D eigenvalue weighted by atomic mass is 19.1. The number of aromatic nitrogens is 2. The molecule has 1 fully saturated rings. The average Bonchev–Trinajstić information content (AvgIpc) is 3.41. The van der Waals surface area contributed by atoms with Gasteiger partial charge in [-0.1, -0.05) is 12.1 Å². The monoisotopic (exact) mass is 487 g/mol. The van der Waals surface area contributed by atoms with Crippen molar-refractivity contribution in [2.75, 3.05) is 20.8 Å². The molecule has 1 amide bonds. The quantitative estimate of drug-likeness (QED) is 0.331. The molecule has 186 valence electrons. The van der Waals surface area contributed by atoms with Gasteiger partial charge in [-0.25, -0.2) is 4.39 Å². The van der Waals surface area contributed by atoms with Crippen LogP contribution in [-0.4, -0.2) is 36.6 Å². The van der Waals surface area contributed by atoms with Crippen LogP contribution in [-0.2, 0) is 0 Å². The van der Waals surface area contributed by atoms with Crippen LogP contribution in [0.15, 0.2) is 61.1 Å². The standard InChI is InChI=1S/C29H30FN3O3/c1-35-27-5-3-4-22(28(27)36-2)24-16-31-17-25(24)29(34)33-15-18-6-8-19(9-7-18)21-12-13-32-26-11-10-20(30)14-23(21)26/h3-5,10-14,16-19,31H,6-9,15H2,1-2H3,(H,33,34). The Morgan fingerprint density at radius 1 is 1.06 bits per heavy atom. The number of benzene rings is 2. The van der Waals surface area contributed by atoms with E-state index in [4.69, 9.17) is 9.47 Å². The SMILES string of the molecule is COc1cccc(-c2c[nH]cc2C(=O)NCC2CCC(c3ccnc4ccc(F)cc34)CC2)c1OC. The molecule has 2 heterocycles. The van der Waals surface area contributed by atoms with E-state index < -0.39 is 0 Å². The minimum Gasteiger partial charge on any atom is -0.493 e. The number of carbonyl (C=O) groups excluding carboxylic acids is 1. The van der Waals surface area contributed by atoms with Gasteiger partial charge in [0, 0.05) is 41.6 Å². The van der Waals surface area contributed by atoms with Gasteiger partial charge < -0.3 is 19.8 Å². The molecule has 5 rings (SSSR count). The van der Waals surface area contributed by atoms with Gasteiger partial charge in [-0.3, -0.25) is 9.78 Å². The molecule has 0 aliphatic heterocycles. The molecule has 2 N–H and O–H groups in total. The molecular formula is C29H30FN3O3. The summed E-state index contributed by atoms with van der Waals surface area (Å²) in [4.78, 5) is 20.6. The van der Waals surface area contributed by atoms with E-state index in [2.05, 4.69) is 15.3 Å². The van der Waals surface area contributed by atoms with Crippen molar-refractivity contribution in [1.82, 2.24) is 15.3 Å². The third-order valence-electron chi connectivity index (χ3n) is 7.26. The number of amides is 1. The number of methoxy groups -OCH3 is 2. The third-order valence-corrected chi connectivity index (χ3v) is 7.26. The molecule has 2 aromatic heterocycles. The Labute approximate surface area is 209 Å². The molecule has 0 radical (unpaired) electrons. The number of nitrogens with zero attached hydrogens (tertiary/aromatic N) is 1. The lowest BCUT2D eigenvalue weighted by atomic mass is 9.78. The molecule has 36 heavy (non-hydrogen) atoms. The van der Waals surface area contributed by atoms with Crippen molar-refractivity contribution in [2.24, 2.45) is 5.92 Å². The second-order valence-electron chi connectivity index (χ2n) is 9.31. The van der Waals surface area contributed by atoms with Crippen LogP contribution in [0.2, 0.25) is 0 Å². The fourth-order valence-corrected chi connectivity index (χ4v) is 5.38. The van der Waals surface area contributed by atoms with E-state index in [-0.39, 0.29) is 11.7 Å². The van der Waals surface area contributed by atoms with E-state index in [1.807, 2.05) is 30.5 Å². The highest BCUT2D eigenvalue weighted by molar-refractivity contribution is 6.01. The summed E-state index contributed by atoms with van der Waals surface area (Å²) in [6.07, 6.45) is 9.36. The second-order valence-corrected chi connectivity index (χ2v) is 9.31. The maximum Gasteiger partial charge on any atom is 0.253 e. The van der Waals surface area contributed by atoms with E-state index in [0.29, 0.717) is 35.4 Å². The topological polar surface area (TPSA) is 76.2 Å². The van der Waals surface area contributed by atoms with Crippen LogP contribution in [0.3, 0.4) is 0 Å². The lowest BCUT2D eigenvalue weighted by molar-refractivity contribution is 0.0943. The van der Waals surface area contributed by atoms with Crippen molar-refractivity contribution < 1.29 is 18.7 Å². The molecule has 4 aromatic rings. The van der Waals surface area contributed by atoms with Crippen LogP contribution in [0.1, 0.15) is 47.5 Å². The molecule has 2 aromatic carbocycles. The van der Waals surface area contributed by atoms with E-state index >= 15 is 0 Å². The maximum absolute atomic E-state index is 13.9. The number of ether oxygens (including phenoxy) is 2. The first-order chi connectivity index (χ1) is 17.6. The van der Waals surface area contributed by atoms with Crippen molar-refractivity contribution in [3.8, 4) is 22.6 Å². The first kappa shape index (κ1) is 23.9. The van der Waals surface area contributed by atoms with Crippen LogP contribution >= 0.6 is 0 Å². The molecule has 0 spiro atoms. The molecule has 1 aliphatic carbocycles. The Balaban J connectivity index is 1.23. The highest BCUT2D eigenvalue weighted by Crippen LogP contribution is 2.40. The number of pyridine rings is 1. The zero-order valence-electron chi connectivity index (χ0n) is 20.5. The van der Waals surface area contributed by atoms with Gasteiger partial charge in [-0.15, -0.1) is 0 Å². The predicted octanol–water partition coefficient (Wildman–Crippen LogP) is 6.09. The summed E-state index contributed by atoms with van der Waals surface area (Å²) in [5.74, 6) is 1.64. The lowest BCUT2D eigenvalue weighted by Crippen LogP contribution is -2.31. The number of nitrogens with one attached hydrogen (secondary N) is 2. The second kappa shape index (κ2) is 10.4. The first-order valence-electron chi connectivity index (χ1n) is 12.3. The molecule has 7 heteroatoms. The Morgan fingerprint density at radius 2 is 1.89 bits per heavy atom. The summed E-state index contributed by atoms with van der Waals surface area (Å²) in [7, 11) is 3.19. The number of aromatic amines is 1. The Bertz CT molecular complexity index is 1380. The minimum atomic E-state index is -0.233. The number of fused-ring (bicyclic) bond motifs is 1. The zero-order valence-corrected chi connectivity index (χ0v) is 20.5. The highest BCUT2D eigenvalue weighted by Gasteiger charge is 2.25. The third kappa shape index (κ3) is 4.65. The van der Waals surface area contributed by atoms with Crippen molar-refractivity contribution in [3.05, 3.63) is 78.0 Å². The number of carbonyl (C=O) groups is 1. The van der Waals surface area contributed by atoms with Gasteiger partial charge in [0.15, 0.2) is 11.5 Å². The van der Waals surface area contributed by atoms with Gasteiger partial charge >= 0.3 is 0 Å². The Morgan fingerprint density at radius 3 is 2.67 bits per heavy atom. The predicted molar refractivity (Wildman–Crippen MR) is 138 cm³/mol. The molecule has 1 saturated carbocycles. The number of halogens is 1. The van der Waals surface area contributed by atoms with Gasteiger partial charge in [-0.2, -0.15) is 0 Å². The van der Waals surface area contributed by atoms with Crippen LogP contribution in [0.25, 0.3) is 22.0 Å². The Hall–Kier alpha value is -3.87. The lowest BCUT2D eigenvalue weighted by Gasteiger charge is -2.29. The molecule has 6 nitrogen and oxygen atoms in total. The van der Waals surface area contributed by atoms with Gasteiger partial charge in [0.05, 0.1) is 25.3 Å². The maximum atomic E-state index is 13.9. The molecule has 1 aliphatic rings. The number of hydrogen-bond donors (Lipinski definition) is 2. The van der Waals surface area contributed by atoms with Crippen molar-refractivity contribution in [3.63, 3.8) is 0 Å². The van der Waals surface area contributed by atoms with Gasteiger partial charge in [0.25, 0.3) is 5.91 Å². The number of rotatable bonds is 7. The van der Waals surface area contributed by atoms with Crippen LogP contribution < -0.4 is 14.8 Å². The van der Waals surface area contributed by atoms with E-state index in [1.165, 1.54) is 11.6 Å². The summed E-state index contributed by atoms with van der Waals surface area (Å²) in [5, 5.41) is 4.04. The number of hydrogen-bond acceptors (Lipinski definition) is 4. The molecule has 0 unspecified atom stereocenters. The Kier molecular flexibility index (Phi) is 6.89. The van der Waals surface area contributed by atoms with Crippen LogP contribution in [0, 0.1) is 11.7 Å². The summed E-state index contributed by atoms with van der Waals surface area (Å²) in [6.45, 7) is 0.622. The number of para-hydroxylation sites is 1. The zero-order chi connectivity index (χ0) is 25.1. The summed E-state index contributed by atoms with van der Waals surface area (Å²) in [5.41, 5.74) is 4.14. The van der Waals surface area contributed by atoms with Crippen LogP contribution in [0.4, 0.5) is 4.39 Å². The van der Waals surface area contributed by atoms with E-state index in [9.17, 15) is 9.18 Å². The molecule has 0 atom stereocenters. The summed E-state index contributed by atoms with van der Waals surface area (Å²) < 4.78 is 24.9. The molecule has 0 saturated heterocycles. The minimum absolute atomic E-state index is 0.117. The van der Waals surface area contributed by atoms with Gasteiger partial charge in [-0.05, 0) is 73.4 Å². The fraction of sp³-hybridized carbons (Fsp3) is 0.310. The summed E-state index contributed by atoms with van der Waals surface area (Å²) >= 11 is 0. The fourth-order valence-electron chi connectivity index (χ4n) is 5.38.